The van der Waals surface area contributed by atoms with Gasteiger partial charge in [0.15, 0.2) is 22.9 Å². The number of nitro groups is 1. The Labute approximate surface area is 195 Å². The smallest absolute Gasteiger partial charge is 0.269 e. The van der Waals surface area contributed by atoms with Gasteiger partial charge in [-0.05, 0) is 29.8 Å². The fourth-order valence-corrected chi connectivity index (χ4v) is 4.08. The summed E-state index contributed by atoms with van der Waals surface area (Å²) in [4.78, 5) is 38.3. The van der Waals surface area contributed by atoms with E-state index in [9.17, 15) is 24.8 Å². The molecular formula is C25H22N2O7. The van der Waals surface area contributed by atoms with Crippen molar-refractivity contribution in [2.24, 2.45) is 0 Å². The molecule has 1 amide bonds. The molecule has 174 valence electrons. The van der Waals surface area contributed by atoms with Crippen LogP contribution in [-0.4, -0.2) is 35.9 Å². The molecule has 0 spiro atoms. The first-order valence-electron chi connectivity index (χ1n) is 10.4. The van der Waals surface area contributed by atoms with E-state index in [-0.39, 0.29) is 17.8 Å². The Morgan fingerprint density at radius 2 is 1.71 bits per heavy atom. The van der Waals surface area contributed by atoms with Gasteiger partial charge >= 0.3 is 0 Å². The van der Waals surface area contributed by atoms with Crippen LogP contribution in [0.5, 0.6) is 11.5 Å². The number of non-ortho nitro benzene ring substituents is 1. The lowest BCUT2D eigenvalue weighted by Gasteiger charge is -2.23. The minimum Gasteiger partial charge on any atom is -0.493 e. The van der Waals surface area contributed by atoms with E-state index < -0.39 is 28.6 Å². The summed E-state index contributed by atoms with van der Waals surface area (Å²) in [7, 11) is 2.93. The maximum absolute atomic E-state index is 13.4. The monoisotopic (exact) mass is 462 g/mol. The first-order valence-corrected chi connectivity index (χ1v) is 10.4. The topological polar surface area (TPSA) is 119 Å². The van der Waals surface area contributed by atoms with Crippen LogP contribution in [0.1, 0.15) is 27.9 Å². The number of Topliss-reactive ketones (excluding diaryl/α,β-unsaturated/α-hetero) is 1. The van der Waals surface area contributed by atoms with E-state index in [2.05, 4.69) is 0 Å². The fourth-order valence-electron chi connectivity index (χ4n) is 4.08. The highest BCUT2D eigenvalue weighted by atomic mass is 16.6. The number of ether oxygens (including phenoxy) is 2. The highest BCUT2D eigenvalue weighted by molar-refractivity contribution is 6.10. The van der Waals surface area contributed by atoms with Crippen LogP contribution in [0, 0.1) is 10.1 Å². The summed E-state index contributed by atoms with van der Waals surface area (Å²) in [6, 6.07) is 17.2. The van der Waals surface area contributed by atoms with Gasteiger partial charge in [0, 0.05) is 23.3 Å². The van der Waals surface area contributed by atoms with Gasteiger partial charge in [-0.2, -0.15) is 0 Å². The number of benzene rings is 3. The summed E-state index contributed by atoms with van der Waals surface area (Å²) < 4.78 is 10.4. The van der Waals surface area contributed by atoms with Gasteiger partial charge in [0.2, 0.25) is 0 Å². The van der Waals surface area contributed by atoms with Crippen LogP contribution in [-0.2, 0) is 16.9 Å². The molecular weight excluding hydrogens is 440 g/mol. The van der Waals surface area contributed by atoms with Crippen LogP contribution in [0.3, 0.4) is 0 Å². The average molecular weight is 462 g/mol. The maximum atomic E-state index is 13.4. The Hall–Kier alpha value is -4.24. The number of nitrogens with zero attached hydrogens (tertiary/aromatic N) is 2. The third-order valence-electron chi connectivity index (χ3n) is 5.85. The van der Waals surface area contributed by atoms with Crippen LogP contribution in [0.15, 0.2) is 66.7 Å². The van der Waals surface area contributed by atoms with E-state index in [1.54, 1.807) is 48.5 Å². The number of anilines is 1. The molecule has 1 aliphatic heterocycles. The van der Waals surface area contributed by atoms with Crippen molar-refractivity contribution in [3.8, 4) is 11.5 Å². The van der Waals surface area contributed by atoms with Gasteiger partial charge in [0.1, 0.15) is 0 Å². The predicted molar refractivity (Wildman–Crippen MR) is 123 cm³/mol. The number of carbonyl (C=O) groups excluding carboxylic acids is 2. The summed E-state index contributed by atoms with van der Waals surface area (Å²) in [5.41, 5.74) is -0.394. The van der Waals surface area contributed by atoms with Crippen molar-refractivity contribution in [3.63, 3.8) is 0 Å². The van der Waals surface area contributed by atoms with Crippen molar-refractivity contribution < 1.29 is 29.1 Å². The van der Waals surface area contributed by atoms with E-state index in [0.717, 1.165) is 0 Å². The first-order chi connectivity index (χ1) is 16.3. The number of hydrogen-bond donors (Lipinski definition) is 1. The van der Waals surface area contributed by atoms with Gasteiger partial charge in [-0.1, -0.05) is 30.3 Å². The molecule has 9 heteroatoms. The molecule has 0 aliphatic carbocycles. The van der Waals surface area contributed by atoms with Crippen molar-refractivity contribution in [2.75, 3.05) is 19.1 Å². The van der Waals surface area contributed by atoms with Gasteiger partial charge < -0.3 is 19.5 Å². The van der Waals surface area contributed by atoms with Crippen LogP contribution in [0.2, 0.25) is 0 Å². The second kappa shape index (κ2) is 8.95. The summed E-state index contributed by atoms with van der Waals surface area (Å²) in [6.45, 7) is 0.0840. The molecule has 0 aromatic heterocycles. The Morgan fingerprint density at radius 3 is 2.35 bits per heavy atom. The van der Waals surface area contributed by atoms with Gasteiger partial charge in [-0.25, -0.2) is 0 Å². The van der Waals surface area contributed by atoms with Gasteiger partial charge in [-0.3, -0.25) is 19.7 Å². The second-order valence-corrected chi connectivity index (χ2v) is 7.86. The second-order valence-electron chi connectivity index (χ2n) is 7.86. The molecule has 34 heavy (non-hydrogen) atoms. The molecule has 1 heterocycles. The number of para-hydroxylation sites is 1. The predicted octanol–water partition coefficient (Wildman–Crippen LogP) is 3.62. The standard InChI is InChI=1S/C25H22N2O7/c1-33-22-12-9-17(13-23(22)34-2)21(28)14-25(30)19-5-3-4-6-20(19)26(24(25)29)15-16-7-10-18(11-8-16)27(31)32/h3-13,30H,14-15H2,1-2H3/t25-/m1/s1. The van der Waals surface area contributed by atoms with E-state index in [1.807, 2.05) is 0 Å². The number of fused-ring (bicyclic) bond motifs is 1. The minimum absolute atomic E-state index is 0.0612. The van der Waals surface area contributed by atoms with E-state index in [4.69, 9.17) is 9.47 Å². The average Bonchev–Trinajstić information content (AvgIpc) is 3.05. The van der Waals surface area contributed by atoms with Gasteiger partial charge in [0.25, 0.3) is 11.6 Å². The Balaban J connectivity index is 1.63. The van der Waals surface area contributed by atoms with E-state index in [1.165, 1.54) is 37.3 Å². The minimum atomic E-state index is -2.05. The molecule has 0 saturated heterocycles. The van der Waals surface area contributed by atoms with Crippen LogP contribution in [0.25, 0.3) is 0 Å². The molecule has 1 aliphatic rings. The first kappa shape index (κ1) is 22.9. The number of ketones is 1. The summed E-state index contributed by atoms with van der Waals surface area (Å²) in [6.07, 6.45) is -0.463. The number of amides is 1. The third-order valence-corrected chi connectivity index (χ3v) is 5.85. The largest absolute Gasteiger partial charge is 0.493 e. The number of rotatable bonds is 8. The van der Waals surface area contributed by atoms with Crippen LogP contribution < -0.4 is 14.4 Å². The number of hydrogen-bond acceptors (Lipinski definition) is 7. The highest BCUT2D eigenvalue weighted by Gasteiger charge is 2.50. The van der Waals surface area contributed by atoms with Gasteiger partial charge in [-0.15, -0.1) is 0 Å². The zero-order chi connectivity index (χ0) is 24.5. The fraction of sp³-hybridized carbons (Fsp3) is 0.200. The lowest BCUT2D eigenvalue weighted by Crippen LogP contribution is -2.41. The molecule has 0 bridgehead atoms. The van der Waals surface area contributed by atoms with E-state index in [0.29, 0.717) is 28.3 Å². The zero-order valence-corrected chi connectivity index (χ0v) is 18.6. The van der Waals surface area contributed by atoms with Crippen molar-refractivity contribution in [3.05, 3.63) is 93.5 Å². The van der Waals surface area contributed by atoms with Crippen LogP contribution >= 0.6 is 0 Å². The number of aliphatic hydroxyl groups is 1. The SMILES string of the molecule is COc1ccc(C(=O)C[C@]2(O)C(=O)N(Cc3ccc([N+](=O)[O-])cc3)c3ccccc32)cc1OC. The van der Waals surface area contributed by atoms with Crippen molar-refractivity contribution in [1.29, 1.82) is 0 Å². The molecule has 9 nitrogen and oxygen atoms in total. The summed E-state index contributed by atoms with van der Waals surface area (Å²) in [5.74, 6) is -0.266. The molecule has 4 rings (SSSR count). The number of nitro benzene ring substituents is 1. The van der Waals surface area contributed by atoms with Crippen molar-refractivity contribution in [1.82, 2.24) is 0 Å². The van der Waals surface area contributed by atoms with Crippen molar-refractivity contribution in [2.45, 2.75) is 18.6 Å². The normalized spacial score (nSPS) is 16.8. The Kier molecular flexibility index (Phi) is 6.04. The lowest BCUT2D eigenvalue weighted by molar-refractivity contribution is -0.384. The number of methoxy groups -OCH3 is 2. The number of carbonyl (C=O) groups is 2. The maximum Gasteiger partial charge on any atom is 0.269 e. The molecule has 0 radical (unpaired) electrons. The Morgan fingerprint density at radius 1 is 1.03 bits per heavy atom. The van der Waals surface area contributed by atoms with Gasteiger partial charge in [0.05, 0.1) is 37.8 Å². The summed E-state index contributed by atoms with van der Waals surface area (Å²) >= 11 is 0. The molecule has 0 fully saturated rings. The zero-order valence-electron chi connectivity index (χ0n) is 18.6. The molecule has 3 aromatic rings. The van der Waals surface area contributed by atoms with E-state index >= 15 is 0 Å². The summed E-state index contributed by atoms with van der Waals surface area (Å²) in [5, 5.41) is 22.4. The van der Waals surface area contributed by atoms with Crippen LogP contribution in [0.4, 0.5) is 11.4 Å². The highest BCUT2D eigenvalue weighted by Crippen LogP contribution is 2.44. The molecule has 3 aromatic carbocycles. The quantitative estimate of drug-likeness (QED) is 0.308. The molecule has 0 saturated carbocycles. The lowest BCUT2D eigenvalue weighted by atomic mass is 9.88. The molecule has 1 atom stereocenters. The third kappa shape index (κ3) is 3.97. The molecule has 1 N–H and O–H groups in total. The molecule has 0 unspecified atom stereocenters. The Bertz CT molecular complexity index is 1270. The van der Waals surface area contributed by atoms with Crippen molar-refractivity contribution >= 4 is 23.1 Å².